The minimum Gasteiger partial charge on any atom is -0.497 e. The Morgan fingerprint density at radius 2 is 1.76 bits per heavy atom. The van der Waals surface area contributed by atoms with E-state index in [1.54, 1.807) is 31.4 Å². The lowest BCUT2D eigenvalue weighted by Gasteiger charge is -2.24. The van der Waals surface area contributed by atoms with Gasteiger partial charge in [-0.05, 0) is 49.2 Å². The second-order valence-corrected chi connectivity index (χ2v) is 6.97. The molecule has 0 N–H and O–H groups in total. The first-order valence-electron chi connectivity index (χ1n) is 6.80. The Bertz CT molecular complexity index is 753. The summed E-state index contributed by atoms with van der Waals surface area (Å²) in [7, 11) is -1.99. The molecule has 0 radical (unpaired) electrons. The fraction of sp³-hybridized carbons (Fsp3) is 0.250. The van der Waals surface area contributed by atoms with Gasteiger partial charge in [-0.15, -0.1) is 0 Å². The SMILES string of the molecule is COc1ccc(S(=O)(=O)N2c3ccccc3C[C@H]2C)cc1. The van der Waals surface area contributed by atoms with Crippen LogP contribution in [0.4, 0.5) is 5.69 Å². The first-order valence-corrected chi connectivity index (χ1v) is 8.24. The first kappa shape index (κ1) is 13.9. The summed E-state index contributed by atoms with van der Waals surface area (Å²) in [6.45, 7) is 1.93. The molecule has 21 heavy (non-hydrogen) atoms. The summed E-state index contributed by atoms with van der Waals surface area (Å²) < 4.78 is 32.4. The minimum atomic E-state index is -3.55. The van der Waals surface area contributed by atoms with Gasteiger partial charge in [0.15, 0.2) is 0 Å². The summed E-state index contributed by atoms with van der Waals surface area (Å²) in [6.07, 6.45) is 0.742. The Labute approximate surface area is 125 Å². The van der Waals surface area contributed by atoms with Crippen molar-refractivity contribution >= 4 is 15.7 Å². The number of benzene rings is 2. The lowest BCUT2D eigenvalue weighted by atomic mass is 10.1. The van der Waals surface area contributed by atoms with Crippen LogP contribution in [0, 0.1) is 0 Å². The van der Waals surface area contributed by atoms with Gasteiger partial charge in [-0.2, -0.15) is 0 Å². The average molecular weight is 303 g/mol. The predicted octanol–water partition coefficient (Wildman–Crippen LogP) is 2.84. The average Bonchev–Trinajstić information content (AvgIpc) is 2.83. The van der Waals surface area contributed by atoms with Gasteiger partial charge in [0, 0.05) is 6.04 Å². The molecule has 0 saturated carbocycles. The number of hydrogen-bond acceptors (Lipinski definition) is 3. The number of anilines is 1. The van der Waals surface area contributed by atoms with Crippen molar-refractivity contribution in [3.8, 4) is 5.75 Å². The fourth-order valence-corrected chi connectivity index (χ4v) is 4.46. The normalized spacial score (nSPS) is 17.6. The number of ether oxygens (including phenoxy) is 1. The summed E-state index contributed by atoms with van der Waals surface area (Å²) in [6, 6.07) is 14.1. The van der Waals surface area contributed by atoms with E-state index >= 15 is 0 Å². The molecule has 0 aromatic heterocycles. The molecule has 1 aliphatic rings. The molecule has 2 aromatic carbocycles. The molecule has 5 heteroatoms. The van der Waals surface area contributed by atoms with Crippen molar-refractivity contribution in [2.24, 2.45) is 0 Å². The van der Waals surface area contributed by atoms with Gasteiger partial charge in [0.2, 0.25) is 0 Å². The Hall–Kier alpha value is -2.01. The third kappa shape index (κ3) is 2.27. The third-order valence-corrected chi connectivity index (χ3v) is 5.70. The summed E-state index contributed by atoms with van der Waals surface area (Å²) in [5.74, 6) is 0.642. The van der Waals surface area contributed by atoms with Crippen LogP contribution < -0.4 is 9.04 Å². The number of nitrogens with zero attached hydrogens (tertiary/aromatic N) is 1. The van der Waals surface area contributed by atoms with Crippen molar-refractivity contribution in [1.29, 1.82) is 0 Å². The van der Waals surface area contributed by atoms with Crippen molar-refractivity contribution in [3.05, 3.63) is 54.1 Å². The number of fused-ring (bicyclic) bond motifs is 1. The highest BCUT2D eigenvalue weighted by atomic mass is 32.2. The number of para-hydroxylation sites is 1. The molecule has 4 nitrogen and oxygen atoms in total. The van der Waals surface area contributed by atoms with Gasteiger partial charge >= 0.3 is 0 Å². The van der Waals surface area contributed by atoms with Crippen molar-refractivity contribution in [3.63, 3.8) is 0 Å². The summed E-state index contributed by atoms with van der Waals surface area (Å²) in [5, 5.41) is 0. The van der Waals surface area contributed by atoms with Crippen molar-refractivity contribution in [2.75, 3.05) is 11.4 Å². The van der Waals surface area contributed by atoms with E-state index in [0.29, 0.717) is 5.75 Å². The van der Waals surface area contributed by atoms with Crippen molar-refractivity contribution in [1.82, 2.24) is 0 Å². The van der Waals surface area contributed by atoms with E-state index in [9.17, 15) is 8.42 Å². The van der Waals surface area contributed by atoms with E-state index in [0.717, 1.165) is 17.7 Å². The van der Waals surface area contributed by atoms with Gasteiger partial charge in [0.05, 0.1) is 17.7 Å². The van der Waals surface area contributed by atoms with Crippen LogP contribution >= 0.6 is 0 Å². The monoisotopic (exact) mass is 303 g/mol. The summed E-state index contributed by atoms with van der Waals surface area (Å²) >= 11 is 0. The smallest absolute Gasteiger partial charge is 0.264 e. The van der Waals surface area contributed by atoms with Crippen LogP contribution in [-0.4, -0.2) is 21.6 Å². The molecule has 3 rings (SSSR count). The van der Waals surface area contributed by atoms with E-state index in [1.807, 2.05) is 31.2 Å². The van der Waals surface area contributed by atoms with Gasteiger partial charge in [-0.3, -0.25) is 4.31 Å². The molecule has 0 unspecified atom stereocenters. The lowest BCUT2D eigenvalue weighted by molar-refractivity contribution is 0.414. The number of sulfonamides is 1. The largest absolute Gasteiger partial charge is 0.497 e. The molecule has 0 amide bonds. The maximum Gasteiger partial charge on any atom is 0.264 e. The Morgan fingerprint density at radius 1 is 1.10 bits per heavy atom. The van der Waals surface area contributed by atoms with Gasteiger partial charge in [-0.1, -0.05) is 18.2 Å². The van der Waals surface area contributed by atoms with E-state index in [4.69, 9.17) is 4.74 Å². The highest BCUT2D eigenvalue weighted by molar-refractivity contribution is 7.92. The van der Waals surface area contributed by atoms with Crippen LogP contribution in [0.5, 0.6) is 5.75 Å². The second kappa shape index (κ2) is 5.07. The Morgan fingerprint density at radius 3 is 2.43 bits per heavy atom. The molecule has 0 saturated heterocycles. The minimum absolute atomic E-state index is 0.0745. The molecule has 0 fully saturated rings. The standard InChI is InChI=1S/C16H17NO3S/c1-12-11-13-5-3-4-6-16(13)17(12)21(18,19)15-9-7-14(20-2)8-10-15/h3-10,12H,11H2,1-2H3/t12-/m1/s1. The zero-order valence-electron chi connectivity index (χ0n) is 12.0. The van der Waals surface area contributed by atoms with E-state index in [-0.39, 0.29) is 10.9 Å². The van der Waals surface area contributed by atoms with Crippen LogP contribution in [0.15, 0.2) is 53.4 Å². The summed E-state index contributed by atoms with van der Waals surface area (Å²) in [4.78, 5) is 0.284. The molecule has 1 aliphatic heterocycles. The number of methoxy groups -OCH3 is 1. The van der Waals surface area contributed by atoms with Gasteiger partial charge < -0.3 is 4.74 Å². The molecule has 1 heterocycles. The van der Waals surface area contributed by atoms with Crippen LogP contribution in [0.3, 0.4) is 0 Å². The van der Waals surface area contributed by atoms with Crippen LogP contribution in [0.25, 0.3) is 0 Å². The first-order chi connectivity index (χ1) is 10.0. The topological polar surface area (TPSA) is 46.6 Å². The molecule has 1 atom stereocenters. The lowest BCUT2D eigenvalue weighted by Crippen LogP contribution is -2.35. The molecule has 0 bridgehead atoms. The molecular formula is C16H17NO3S. The van der Waals surface area contributed by atoms with Gasteiger partial charge in [0.25, 0.3) is 10.0 Å². The maximum absolute atomic E-state index is 12.9. The van der Waals surface area contributed by atoms with E-state index < -0.39 is 10.0 Å². The molecular weight excluding hydrogens is 286 g/mol. The maximum atomic E-state index is 12.9. The zero-order valence-corrected chi connectivity index (χ0v) is 12.8. The second-order valence-electron chi connectivity index (χ2n) is 5.16. The summed E-state index contributed by atoms with van der Waals surface area (Å²) in [5.41, 5.74) is 1.85. The molecule has 110 valence electrons. The van der Waals surface area contributed by atoms with E-state index in [1.165, 1.54) is 4.31 Å². The van der Waals surface area contributed by atoms with E-state index in [2.05, 4.69) is 0 Å². The van der Waals surface area contributed by atoms with Crippen LogP contribution in [0.2, 0.25) is 0 Å². The third-order valence-electron chi connectivity index (χ3n) is 3.76. The molecule has 2 aromatic rings. The Balaban J connectivity index is 2.05. The molecule has 0 spiro atoms. The molecule has 0 aliphatic carbocycles. The zero-order chi connectivity index (χ0) is 15.0. The highest BCUT2D eigenvalue weighted by Gasteiger charge is 2.35. The number of hydrogen-bond donors (Lipinski definition) is 0. The van der Waals surface area contributed by atoms with Gasteiger partial charge in [-0.25, -0.2) is 8.42 Å². The van der Waals surface area contributed by atoms with Crippen molar-refractivity contribution < 1.29 is 13.2 Å². The van der Waals surface area contributed by atoms with Crippen LogP contribution in [-0.2, 0) is 16.4 Å². The number of rotatable bonds is 3. The van der Waals surface area contributed by atoms with Gasteiger partial charge in [0.1, 0.15) is 5.75 Å². The highest BCUT2D eigenvalue weighted by Crippen LogP contribution is 2.36. The predicted molar refractivity (Wildman–Crippen MR) is 82.3 cm³/mol. The van der Waals surface area contributed by atoms with Crippen molar-refractivity contribution in [2.45, 2.75) is 24.3 Å². The Kier molecular flexibility index (Phi) is 3.37. The van der Waals surface area contributed by atoms with Crippen LogP contribution in [0.1, 0.15) is 12.5 Å². The quantitative estimate of drug-likeness (QED) is 0.876. The fourth-order valence-electron chi connectivity index (χ4n) is 2.76.